The molecule has 1 heterocycles. The lowest BCUT2D eigenvalue weighted by Crippen LogP contribution is -2.32. The summed E-state index contributed by atoms with van der Waals surface area (Å²) >= 11 is 0. The van der Waals surface area contributed by atoms with Gasteiger partial charge in [0.05, 0.1) is 6.61 Å². The van der Waals surface area contributed by atoms with Crippen molar-refractivity contribution in [1.29, 1.82) is 0 Å². The monoisotopic (exact) mass is 400 g/mol. The minimum atomic E-state index is 0.653. The van der Waals surface area contributed by atoms with E-state index in [0.717, 1.165) is 38.0 Å². The molecule has 0 spiro atoms. The van der Waals surface area contributed by atoms with Gasteiger partial charge in [-0.15, -0.1) is 0 Å². The van der Waals surface area contributed by atoms with Gasteiger partial charge in [0.15, 0.2) is 0 Å². The summed E-state index contributed by atoms with van der Waals surface area (Å²) in [5.74, 6) is 2.17. The Labute approximate surface area is 180 Å². The molecule has 0 unspecified atom stereocenters. The molecule has 0 saturated heterocycles. The Morgan fingerprint density at radius 2 is 1.27 bits per heavy atom. The van der Waals surface area contributed by atoms with Crippen LogP contribution < -0.4 is 4.74 Å². The predicted molar refractivity (Wildman–Crippen MR) is 122 cm³/mol. The third-order valence-electron chi connectivity index (χ3n) is 6.09. The fraction of sp³-hybridized carbons (Fsp3) is 0.370. The predicted octanol–water partition coefficient (Wildman–Crippen LogP) is 5.97. The van der Waals surface area contributed by atoms with Crippen LogP contribution in [0.3, 0.4) is 0 Å². The Bertz CT molecular complexity index is 804. The van der Waals surface area contributed by atoms with Crippen molar-refractivity contribution in [3.63, 3.8) is 0 Å². The summed E-state index contributed by atoms with van der Waals surface area (Å²) in [5.41, 5.74) is 2.79. The minimum Gasteiger partial charge on any atom is -0.477 e. The largest absolute Gasteiger partial charge is 0.477 e. The fourth-order valence-corrected chi connectivity index (χ4v) is 4.45. The second-order valence-electron chi connectivity index (χ2n) is 8.51. The maximum atomic E-state index is 5.90. The minimum absolute atomic E-state index is 0.653. The summed E-state index contributed by atoms with van der Waals surface area (Å²) in [6.07, 6.45) is 6.87. The number of benzene rings is 2. The van der Waals surface area contributed by atoms with Gasteiger partial charge in [0.1, 0.15) is 0 Å². The highest BCUT2D eigenvalue weighted by atomic mass is 16.5. The average Bonchev–Trinajstić information content (AvgIpc) is 2.81. The highest BCUT2D eigenvalue weighted by Crippen LogP contribution is 2.30. The van der Waals surface area contributed by atoms with E-state index < -0.39 is 0 Å². The van der Waals surface area contributed by atoms with Crippen LogP contribution in [0.15, 0.2) is 85.1 Å². The topological polar surface area (TPSA) is 25.4 Å². The van der Waals surface area contributed by atoms with Crippen LogP contribution in [0.1, 0.15) is 36.8 Å². The fourth-order valence-electron chi connectivity index (χ4n) is 4.45. The quantitative estimate of drug-likeness (QED) is 0.442. The molecule has 2 aromatic carbocycles. The molecule has 0 amide bonds. The Morgan fingerprint density at radius 1 is 0.700 bits per heavy atom. The molecule has 0 radical (unpaired) electrons. The van der Waals surface area contributed by atoms with Crippen LogP contribution >= 0.6 is 0 Å². The van der Waals surface area contributed by atoms with Gasteiger partial charge in [-0.2, -0.15) is 0 Å². The van der Waals surface area contributed by atoms with Crippen molar-refractivity contribution >= 4 is 0 Å². The SMILES string of the molecule is c1ccc(CN(Cc2ccccc2)CC2CCC(COc3ccccn3)CC2)cc1. The van der Waals surface area contributed by atoms with Gasteiger partial charge in [0.25, 0.3) is 0 Å². The number of pyridine rings is 1. The summed E-state index contributed by atoms with van der Waals surface area (Å²) in [5, 5.41) is 0. The summed E-state index contributed by atoms with van der Waals surface area (Å²) in [4.78, 5) is 6.89. The normalized spacial score (nSPS) is 19.0. The van der Waals surface area contributed by atoms with Crippen molar-refractivity contribution < 1.29 is 4.74 Å². The van der Waals surface area contributed by atoms with Gasteiger partial charge in [0, 0.05) is 31.9 Å². The van der Waals surface area contributed by atoms with Crippen LogP contribution in [-0.2, 0) is 13.1 Å². The zero-order valence-electron chi connectivity index (χ0n) is 17.7. The highest BCUT2D eigenvalue weighted by molar-refractivity contribution is 5.17. The molecule has 1 aliphatic carbocycles. The second kappa shape index (κ2) is 10.9. The Morgan fingerprint density at radius 3 is 1.83 bits per heavy atom. The van der Waals surface area contributed by atoms with Crippen molar-refractivity contribution in [3.05, 3.63) is 96.2 Å². The maximum absolute atomic E-state index is 5.90. The van der Waals surface area contributed by atoms with Crippen molar-refractivity contribution in [2.45, 2.75) is 38.8 Å². The third kappa shape index (κ3) is 6.43. The molecule has 0 atom stereocenters. The lowest BCUT2D eigenvalue weighted by Gasteiger charge is -2.33. The first kappa shape index (κ1) is 20.6. The first-order valence-electron chi connectivity index (χ1n) is 11.2. The molecule has 1 fully saturated rings. The van der Waals surface area contributed by atoms with E-state index in [2.05, 4.69) is 70.5 Å². The molecule has 3 heteroatoms. The smallest absolute Gasteiger partial charge is 0.213 e. The molecule has 1 saturated carbocycles. The first-order chi connectivity index (χ1) is 14.8. The van der Waals surface area contributed by atoms with Crippen LogP contribution in [0.25, 0.3) is 0 Å². The summed E-state index contributed by atoms with van der Waals surface area (Å²) in [6.45, 7) is 3.98. The van der Waals surface area contributed by atoms with Crippen LogP contribution in [-0.4, -0.2) is 23.0 Å². The molecule has 0 bridgehead atoms. The van der Waals surface area contributed by atoms with Gasteiger partial charge in [-0.05, 0) is 54.7 Å². The Kier molecular flexibility index (Phi) is 7.51. The highest BCUT2D eigenvalue weighted by Gasteiger charge is 2.24. The van der Waals surface area contributed by atoms with E-state index in [1.807, 2.05) is 18.2 Å². The van der Waals surface area contributed by atoms with Crippen LogP contribution in [0, 0.1) is 11.8 Å². The zero-order valence-corrected chi connectivity index (χ0v) is 17.7. The Balaban J connectivity index is 1.29. The molecule has 1 aromatic heterocycles. The molecule has 3 nitrogen and oxygen atoms in total. The van der Waals surface area contributed by atoms with E-state index in [9.17, 15) is 0 Å². The Hall–Kier alpha value is -2.65. The van der Waals surface area contributed by atoms with Gasteiger partial charge in [0.2, 0.25) is 5.88 Å². The number of nitrogens with zero attached hydrogens (tertiary/aromatic N) is 2. The van der Waals surface area contributed by atoms with E-state index in [1.54, 1.807) is 6.20 Å². The zero-order chi connectivity index (χ0) is 20.4. The van der Waals surface area contributed by atoms with E-state index in [0.29, 0.717) is 5.92 Å². The van der Waals surface area contributed by atoms with E-state index in [4.69, 9.17) is 4.74 Å². The maximum Gasteiger partial charge on any atom is 0.213 e. The molecule has 156 valence electrons. The first-order valence-corrected chi connectivity index (χ1v) is 11.2. The van der Waals surface area contributed by atoms with Gasteiger partial charge in [-0.25, -0.2) is 4.98 Å². The second-order valence-corrected chi connectivity index (χ2v) is 8.51. The molecule has 1 aliphatic rings. The number of aromatic nitrogens is 1. The van der Waals surface area contributed by atoms with Gasteiger partial charge in [-0.1, -0.05) is 66.7 Å². The summed E-state index contributed by atoms with van der Waals surface area (Å²) < 4.78 is 5.90. The molecule has 3 aromatic rings. The molecule has 4 rings (SSSR count). The molecule has 0 aliphatic heterocycles. The third-order valence-corrected chi connectivity index (χ3v) is 6.09. The summed E-state index contributed by atoms with van der Waals surface area (Å²) in [6, 6.07) is 27.6. The van der Waals surface area contributed by atoms with Gasteiger partial charge >= 0.3 is 0 Å². The van der Waals surface area contributed by atoms with Crippen molar-refractivity contribution in [3.8, 4) is 5.88 Å². The van der Waals surface area contributed by atoms with Crippen LogP contribution in [0.4, 0.5) is 0 Å². The van der Waals surface area contributed by atoms with Crippen molar-refractivity contribution in [2.24, 2.45) is 11.8 Å². The molecular formula is C27H32N2O. The lowest BCUT2D eigenvalue weighted by molar-refractivity contribution is 0.141. The molecule has 30 heavy (non-hydrogen) atoms. The molecule has 0 N–H and O–H groups in total. The van der Waals surface area contributed by atoms with E-state index in [1.165, 1.54) is 36.8 Å². The average molecular weight is 401 g/mol. The number of hydrogen-bond donors (Lipinski definition) is 0. The van der Waals surface area contributed by atoms with Gasteiger partial charge in [-0.3, -0.25) is 4.90 Å². The van der Waals surface area contributed by atoms with Crippen molar-refractivity contribution in [1.82, 2.24) is 9.88 Å². The van der Waals surface area contributed by atoms with E-state index in [-0.39, 0.29) is 0 Å². The number of ether oxygens (including phenoxy) is 1. The van der Waals surface area contributed by atoms with Gasteiger partial charge < -0.3 is 4.74 Å². The van der Waals surface area contributed by atoms with Crippen LogP contribution in [0.2, 0.25) is 0 Å². The molecular weight excluding hydrogens is 368 g/mol. The summed E-state index contributed by atoms with van der Waals surface area (Å²) in [7, 11) is 0. The number of hydrogen-bond acceptors (Lipinski definition) is 3. The number of rotatable bonds is 9. The van der Waals surface area contributed by atoms with E-state index >= 15 is 0 Å². The van der Waals surface area contributed by atoms with Crippen LogP contribution in [0.5, 0.6) is 5.88 Å². The lowest BCUT2D eigenvalue weighted by atomic mass is 9.82. The standard InChI is InChI=1S/C27H32N2O/c1-3-9-23(10-4-1)19-29(20-24-11-5-2-6-12-24)21-25-14-16-26(17-15-25)22-30-27-13-7-8-18-28-27/h1-13,18,25-26H,14-17,19-22H2. The van der Waals surface area contributed by atoms with Crippen molar-refractivity contribution in [2.75, 3.05) is 13.2 Å².